The smallest absolute Gasteiger partial charge is 0.320 e. The number of nitrogens with zero attached hydrogens (tertiary/aromatic N) is 2. The molecule has 1 heterocycles. The van der Waals surface area contributed by atoms with Gasteiger partial charge in [0.05, 0.1) is 35.0 Å². The Hall–Kier alpha value is -5.26. The fraction of sp³-hybridized carbons (Fsp3) is 0.0968. The zero-order valence-corrected chi connectivity index (χ0v) is 21.0. The van der Waals surface area contributed by atoms with Gasteiger partial charge < -0.3 is 15.2 Å². The largest absolute Gasteiger partial charge is 0.460 e. The van der Waals surface area contributed by atoms with E-state index in [1.54, 1.807) is 30.3 Å². The molecule has 2 N–H and O–H groups in total. The van der Waals surface area contributed by atoms with Crippen LogP contribution in [0.3, 0.4) is 0 Å². The molecule has 0 bridgehead atoms. The lowest BCUT2D eigenvalue weighted by atomic mass is 9.99. The van der Waals surface area contributed by atoms with Crippen LogP contribution in [0.2, 0.25) is 0 Å². The predicted molar refractivity (Wildman–Crippen MR) is 144 cm³/mol. The summed E-state index contributed by atoms with van der Waals surface area (Å²) in [4.78, 5) is 40.2. The van der Waals surface area contributed by atoms with Crippen LogP contribution in [0.25, 0.3) is 11.1 Å². The number of ether oxygens (including phenoxy) is 2. The summed E-state index contributed by atoms with van der Waals surface area (Å²) in [5.41, 5.74) is 9.57. The highest BCUT2D eigenvalue weighted by Crippen LogP contribution is 2.38. The molecule has 1 aliphatic heterocycles. The molecule has 0 saturated carbocycles. The van der Waals surface area contributed by atoms with Crippen LogP contribution in [0, 0.1) is 18.3 Å². The molecule has 0 atom stereocenters. The summed E-state index contributed by atoms with van der Waals surface area (Å²) in [6.07, 6.45) is 0. The molecule has 1 aliphatic rings. The number of rotatable bonds is 7. The van der Waals surface area contributed by atoms with E-state index in [0.717, 1.165) is 21.6 Å². The molecular weight excluding hydrogens is 494 g/mol. The molecule has 0 aromatic heterocycles. The number of hydrogen-bond acceptors (Lipinski definition) is 7. The van der Waals surface area contributed by atoms with Crippen LogP contribution in [0.4, 0.5) is 5.69 Å². The first-order chi connectivity index (χ1) is 18.9. The van der Waals surface area contributed by atoms with E-state index in [2.05, 4.69) is 0 Å². The van der Waals surface area contributed by atoms with Crippen LogP contribution in [0.15, 0.2) is 84.9 Å². The number of benzene rings is 4. The van der Waals surface area contributed by atoms with Gasteiger partial charge in [-0.25, -0.2) is 4.90 Å². The van der Waals surface area contributed by atoms with E-state index >= 15 is 0 Å². The van der Waals surface area contributed by atoms with Crippen molar-refractivity contribution in [3.63, 3.8) is 0 Å². The van der Waals surface area contributed by atoms with E-state index in [4.69, 9.17) is 15.2 Å². The van der Waals surface area contributed by atoms with Crippen molar-refractivity contribution in [2.75, 3.05) is 11.4 Å². The summed E-state index contributed by atoms with van der Waals surface area (Å²) >= 11 is 0. The lowest BCUT2D eigenvalue weighted by Gasteiger charge is -2.19. The number of carbonyl (C=O) groups is 3. The average molecular weight is 518 g/mol. The van der Waals surface area contributed by atoms with E-state index in [1.807, 2.05) is 55.5 Å². The maximum atomic E-state index is 13.6. The van der Waals surface area contributed by atoms with Gasteiger partial charge in [-0.15, -0.1) is 0 Å². The highest BCUT2D eigenvalue weighted by Gasteiger charge is 2.39. The Kier molecular flexibility index (Phi) is 6.91. The van der Waals surface area contributed by atoms with Gasteiger partial charge in [-0.3, -0.25) is 14.4 Å². The number of fused-ring (bicyclic) bond motifs is 1. The second-order valence-electron chi connectivity index (χ2n) is 8.87. The first-order valence-corrected chi connectivity index (χ1v) is 12.2. The van der Waals surface area contributed by atoms with Gasteiger partial charge in [-0.2, -0.15) is 5.26 Å². The van der Waals surface area contributed by atoms with E-state index in [0.29, 0.717) is 22.6 Å². The van der Waals surface area contributed by atoms with E-state index in [9.17, 15) is 19.6 Å². The Morgan fingerprint density at radius 2 is 1.62 bits per heavy atom. The molecular formula is C31H23N3O5. The normalized spacial score (nSPS) is 12.2. The molecule has 0 unspecified atom stereocenters. The van der Waals surface area contributed by atoms with Crippen molar-refractivity contribution in [3.05, 3.63) is 113 Å². The second-order valence-corrected chi connectivity index (χ2v) is 8.87. The monoisotopic (exact) mass is 517 g/mol. The molecule has 0 aliphatic carbocycles. The Morgan fingerprint density at radius 1 is 0.897 bits per heavy atom. The number of anilines is 1. The van der Waals surface area contributed by atoms with E-state index in [1.165, 1.54) is 12.1 Å². The van der Waals surface area contributed by atoms with Crippen molar-refractivity contribution < 1.29 is 23.9 Å². The number of nitriles is 1. The predicted octanol–water partition coefficient (Wildman–Crippen LogP) is 5.13. The molecule has 4 aromatic rings. The fourth-order valence-corrected chi connectivity index (χ4v) is 4.51. The van der Waals surface area contributed by atoms with Crippen molar-refractivity contribution in [2.24, 2.45) is 5.73 Å². The van der Waals surface area contributed by atoms with Crippen LogP contribution in [-0.4, -0.2) is 24.3 Å². The van der Waals surface area contributed by atoms with E-state index in [-0.39, 0.29) is 30.0 Å². The van der Waals surface area contributed by atoms with Crippen LogP contribution in [0.1, 0.15) is 37.4 Å². The maximum Gasteiger partial charge on any atom is 0.320 e. The van der Waals surface area contributed by atoms with Crippen molar-refractivity contribution in [3.8, 4) is 28.7 Å². The topological polar surface area (TPSA) is 123 Å². The molecule has 0 fully saturated rings. The number of imide groups is 1. The first-order valence-electron chi connectivity index (χ1n) is 12.2. The highest BCUT2D eigenvalue weighted by atomic mass is 16.5. The zero-order valence-electron chi connectivity index (χ0n) is 21.0. The number of hydrogen-bond donors (Lipinski definition) is 1. The Bertz CT molecular complexity index is 1660. The van der Waals surface area contributed by atoms with Gasteiger partial charge in [0.25, 0.3) is 11.8 Å². The summed E-state index contributed by atoms with van der Waals surface area (Å²) < 4.78 is 11.2. The molecule has 0 spiro atoms. The molecule has 0 saturated heterocycles. The minimum Gasteiger partial charge on any atom is -0.460 e. The maximum absolute atomic E-state index is 13.6. The Balaban J connectivity index is 1.56. The lowest BCUT2D eigenvalue weighted by molar-refractivity contribution is -0.143. The summed E-state index contributed by atoms with van der Waals surface area (Å²) in [5.74, 6) is -1.06. The summed E-state index contributed by atoms with van der Waals surface area (Å²) in [6, 6.07) is 26.7. The standard InChI is InChI=1S/C31H23N3O5/c1-19-24(21-8-3-2-4-9-21)11-6-12-27(19)34-30(36)25-14-22(18-38-29(35)17-33)28(15-26(25)31(34)37)39-23-10-5-7-20(13-23)16-32/h2-15H,17-18,33H2,1H3. The molecule has 4 aromatic carbocycles. The second kappa shape index (κ2) is 10.6. The average Bonchev–Trinajstić information content (AvgIpc) is 3.20. The number of carbonyl (C=O) groups excluding carboxylic acids is 3. The van der Waals surface area contributed by atoms with Crippen LogP contribution >= 0.6 is 0 Å². The highest BCUT2D eigenvalue weighted by molar-refractivity contribution is 6.35. The van der Waals surface area contributed by atoms with Gasteiger partial charge in [0.2, 0.25) is 0 Å². The molecule has 8 nitrogen and oxygen atoms in total. The third kappa shape index (κ3) is 4.87. The molecule has 8 heteroatoms. The van der Waals surface area contributed by atoms with Gasteiger partial charge in [-0.1, -0.05) is 48.5 Å². The minimum atomic E-state index is -0.634. The fourth-order valence-electron chi connectivity index (χ4n) is 4.51. The number of esters is 1. The zero-order chi connectivity index (χ0) is 27.5. The van der Waals surface area contributed by atoms with Crippen LogP contribution < -0.4 is 15.4 Å². The summed E-state index contributed by atoms with van der Waals surface area (Å²) in [7, 11) is 0. The van der Waals surface area contributed by atoms with E-state index < -0.39 is 17.8 Å². The van der Waals surface area contributed by atoms with Crippen LogP contribution in [-0.2, 0) is 16.1 Å². The molecule has 39 heavy (non-hydrogen) atoms. The molecule has 192 valence electrons. The molecule has 0 radical (unpaired) electrons. The third-order valence-electron chi connectivity index (χ3n) is 6.44. The molecule has 2 amide bonds. The Labute approximate surface area is 224 Å². The van der Waals surface area contributed by atoms with Crippen LogP contribution in [0.5, 0.6) is 11.5 Å². The van der Waals surface area contributed by atoms with Gasteiger partial charge in [-0.05, 0) is 60.0 Å². The number of nitrogens with two attached hydrogens (primary N) is 1. The third-order valence-corrected chi connectivity index (χ3v) is 6.44. The summed E-state index contributed by atoms with van der Waals surface area (Å²) in [6.45, 7) is 1.34. The number of amides is 2. The van der Waals surface area contributed by atoms with Gasteiger partial charge in [0.15, 0.2) is 0 Å². The summed E-state index contributed by atoms with van der Waals surface area (Å²) in [5, 5.41) is 9.24. The lowest BCUT2D eigenvalue weighted by Crippen LogP contribution is -2.30. The van der Waals surface area contributed by atoms with Crippen molar-refractivity contribution in [1.29, 1.82) is 5.26 Å². The quantitative estimate of drug-likeness (QED) is 0.266. The van der Waals surface area contributed by atoms with Gasteiger partial charge in [0.1, 0.15) is 18.1 Å². The van der Waals surface area contributed by atoms with Gasteiger partial charge >= 0.3 is 5.97 Å². The molecule has 5 rings (SSSR count). The SMILES string of the molecule is Cc1c(-c2ccccc2)cccc1N1C(=O)c2cc(COC(=O)CN)c(Oc3cccc(C#N)c3)cc2C1=O. The first kappa shape index (κ1) is 25.4. The Morgan fingerprint density at radius 3 is 2.33 bits per heavy atom. The van der Waals surface area contributed by atoms with Crippen molar-refractivity contribution in [2.45, 2.75) is 13.5 Å². The van der Waals surface area contributed by atoms with Crippen molar-refractivity contribution >= 4 is 23.5 Å². The van der Waals surface area contributed by atoms with Crippen molar-refractivity contribution in [1.82, 2.24) is 0 Å². The van der Waals surface area contributed by atoms with Gasteiger partial charge in [0, 0.05) is 5.56 Å². The minimum absolute atomic E-state index is 0.157.